The fourth-order valence-electron chi connectivity index (χ4n) is 1.35. The summed E-state index contributed by atoms with van der Waals surface area (Å²) < 4.78 is 1.90. The molecule has 2 aromatic rings. The smallest absolute Gasteiger partial charge is 0.249 e. The summed E-state index contributed by atoms with van der Waals surface area (Å²) in [6.07, 6.45) is 2.67. The molecule has 2 aromatic heterocycles. The summed E-state index contributed by atoms with van der Waals surface area (Å²) in [5.74, 6) is -1.02. The van der Waals surface area contributed by atoms with Crippen molar-refractivity contribution < 1.29 is 9.59 Å². The van der Waals surface area contributed by atoms with E-state index in [0.717, 1.165) is 18.7 Å². The van der Waals surface area contributed by atoms with E-state index in [2.05, 4.69) is 52.9 Å². The number of carbonyl (C=O) groups is 2. The summed E-state index contributed by atoms with van der Waals surface area (Å²) in [4.78, 5) is 24.8. The third-order valence-corrected chi connectivity index (χ3v) is 5.51. The molecule has 0 spiro atoms. The van der Waals surface area contributed by atoms with E-state index >= 15 is 0 Å². The van der Waals surface area contributed by atoms with E-state index in [1.54, 1.807) is 0 Å². The summed E-state index contributed by atoms with van der Waals surface area (Å²) in [6, 6.07) is 3.73. The Morgan fingerprint density at radius 3 is 1.74 bits per heavy atom. The van der Waals surface area contributed by atoms with Crippen molar-refractivity contribution in [1.29, 1.82) is 0 Å². The maximum atomic E-state index is 11.5. The number of hydrazone groups is 2. The second kappa shape index (κ2) is 9.06. The van der Waals surface area contributed by atoms with E-state index in [0.29, 0.717) is 0 Å². The summed E-state index contributed by atoms with van der Waals surface area (Å²) in [5.41, 5.74) is 4.58. The zero-order valence-electron chi connectivity index (χ0n) is 11.5. The van der Waals surface area contributed by atoms with Crippen molar-refractivity contribution in [3.63, 3.8) is 0 Å². The van der Waals surface area contributed by atoms with Crippen molar-refractivity contribution in [2.45, 2.75) is 6.42 Å². The van der Waals surface area contributed by atoms with E-state index in [1.165, 1.54) is 35.1 Å². The van der Waals surface area contributed by atoms with Crippen molar-refractivity contribution in [1.82, 2.24) is 10.9 Å². The number of rotatable bonds is 6. The van der Waals surface area contributed by atoms with Gasteiger partial charge in [0.05, 0.1) is 12.4 Å². The molecule has 0 aliphatic carbocycles. The van der Waals surface area contributed by atoms with Gasteiger partial charge in [-0.2, -0.15) is 10.2 Å². The van der Waals surface area contributed by atoms with Crippen LogP contribution in [0.15, 0.2) is 42.0 Å². The van der Waals surface area contributed by atoms with Gasteiger partial charge < -0.3 is 0 Å². The Labute approximate surface area is 156 Å². The van der Waals surface area contributed by atoms with Crippen molar-refractivity contribution in [2.75, 3.05) is 0 Å². The van der Waals surface area contributed by atoms with E-state index in [4.69, 9.17) is 0 Å². The van der Waals surface area contributed by atoms with Gasteiger partial charge in [-0.05, 0) is 44.0 Å². The standard InChI is InChI=1S/C13H10Br2N4O2S2/c14-8-1-10(22-6-8)4-16-18-12(20)3-13(21)19-17-5-11-2-9(15)7-23-11/h1-2,4-7H,3H2,(H,18,20)(H,19,21)/b16-4+,17-5+. The molecule has 23 heavy (non-hydrogen) atoms. The van der Waals surface area contributed by atoms with E-state index in [9.17, 15) is 9.59 Å². The Bertz CT molecular complexity index is 692. The number of amides is 2. The second-order valence-electron chi connectivity index (χ2n) is 4.10. The average molecular weight is 478 g/mol. The molecule has 0 radical (unpaired) electrons. The van der Waals surface area contributed by atoms with Gasteiger partial charge in [0, 0.05) is 29.5 Å². The molecule has 6 nitrogen and oxygen atoms in total. The van der Waals surface area contributed by atoms with Crippen LogP contribution in [0.2, 0.25) is 0 Å². The van der Waals surface area contributed by atoms with Gasteiger partial charge in [0.2, 0.25) is 11.8 Å². The fourth-order valence-corrected chi connectivity index (χ4v) is 3.96. The zero-order valence-corrected chi connectivity index (χ0v) is 16.3. The molecule has 0 atom stereocenters. The van der Waals surface area contributed by atoms with Gasteiger partial charge in [-0.1, -0.05) is 0 Å². The predicted octanol–water partition coefficient (Wildman–Crippen LogP) is 3.33. The molecular formula is C13H10Br2N4O2S2. The first-order chi connectivity index (χ1) is 11.0. The number of hydrogen-bond donors (Lipinski definition) is 2. The van der Waals surface area contributed by atoms with Gasteiger partial charge in [-0.25, -0.2) is 10.9 Å². The largest absolute Gasteiger partial charge is 0.273 e. The topological polar surface area (TPSA) is 82.9 Å². The number of carbonyl (C=O) groups excluding carboxylic acids is 2. The lowest BCUT2D eigenvalue weighted by Crippen LogP contribution is -2.27. The van der Waals surface area contributed by atoms with Crippen LogP contribution in [0.25, 0.3) is 0 Å². The molecule has 2 heterocycles. The fraction of sp³-hybridized carbons (Fsp3) is 0.0769. The minimum Gasteiger partial charge on any atom is -0.273 e. The summed E-state index contributed by atoms with van der Waals surface area (Å²) in [7, 11) is 0. The Morgan fingerprint density at radius 1 is 0.957 bits per heavy atom. The number of nitrogens with one attached hydrogen (secondary N) is 2. The van der Waals surface area contributed by atoms with E-state index < -0.39 is 11.8 Å². The van der Waals surface area contributed by atoms with E-state index in [-0.39, 0.29) is 6.42 Å². The van der Waals surface area contributed by atoms with Gasteiger partial charge in [0.1, 0.15) is 6.42 Å². The third kappa shape index (κ3) is 6.73. The maximum Gasteiger partial charge on any atom is 0.249 e. The normalized spacial score (nSPS) is 11.2. The minimum absolute atomic E-state index is 0.350. The Kier molecular flexibility index (Phi) is 7.09. The molecule has 0 fully saturated rings. The first-order valence-corrected chi connectivity index (χ1v) is 9.49. The van der Waals surface area contributed by atoms with Crippen LogP contribution in [-0.4, -0.2) is 24.2 Å². The lowest BCUT2D eigenvalue weighted by molar-refractivity contribution is -0.129. The summed E-state index contributed by atoms with van der Waals surface area (Å²) in [6.45, 7) is 0. The van der Waals surface area contributed by atoms with Gasteiger partial charge >= 0.3 is 0 Å². The lowest BCUT2D eigenvalue weighted by atomic mass is 10.4. The molecule has 0 saturated carbocycles. The van der Waals surface area contributed by atoms with Gasteiger partial charge in [-0.3, -0.25) is 9.59 Å². The number of nitrogens with zero attached hydrogens (tertiary/aromatic N) is 2. The molecule has 0 saturated heterocycles. The quantitative estimate of drug-likeness (QED) is 0.380. The monoisotopic (exact) mass is 476 g/mol. The molecule has 0 unspecified atom stereocenters. The van der Waals surface area contributed by atoms with Crippen LogP contribution in [0.4, 0.5) is 0 Å². The highest BCUT2D eigenvalue weighted by atomic mass is 79.9. The highest BCUT2D eigenvalue weighted by Crippen LogP contribution is 2.18. The summed E-state index contributed by atoms with van der Waals surface area (Å²) in [5, 5.41) is 11.4. The first-order valence-electron chi connectivity index (χ1n) is 6.15. The van der Waals surface area contributed by atoms with Gasteiger partial charge in [-0.15, -0.1) is 22.7 Å². The molecule has 2 N–H and O–H groups in total. The molecule has 0 aliphatic heterocycles. The molecule has 0 bridgehead atoms. The average Bonchev–Trinajstić information content (AvgIpc) is 3.07. The Hall–Kier alpha value is -1.36. The maximum absolute atomic E-state index is 11.5. The number of hydrogen-bond acceptors (Lipinski definition) is 6. The van der Waals surface area contributed by atoms with Gasteiger partial charge in [0.25, 0.3) is 0 Å². The van der Waals surface area contributed by atoms with Gasteiger partial charge in [0.15, 0.2) is 0 Å². The SMILES string of the molecule is O=C(CC(=O)N/N=C/c1cc(Br)cs1)N/N=C/c1cc(Br)cs1. The lowest BCUT2D eigenvalue weighted by Gasteiger charge is -1.98. The molecule has 10 heteroatoms. The minimum atomic E-state index is -0.511. The van der Waals surface area contributed by atoms with E-state index in [1.807, 2.05) is 22.9 Å². The van der Waals surface area contributed by atoms with Crippen LogP contribution in [0.3, 0.4) is 0 Å². The highest BCUT2D eigenvalue weighted by molar-refractivity contribution is 9.10. The molecule has 2 amide bonds. The van der Waals surface area contributed by atoms with Crippen LogP contribution in [-0.2, 0) is 9.59 Å². The summed E-state index contributed by atoms with van der Waals surface area (Å²) >= 11 is 9.60. The molecule has 0 aromatic carbocycles. The Balaban J connectivity index is 1.71. The van der Waals surface area contributed by atoms with Crippen molar-refractivity contribution in [2.24, 2.45) is 10.2 Å². The third-order valence-electron chi connectivity index (χ3n) is 2.26. The molecular weight excluding hydrogens is 468 g/mol. The zero-order chi connectivity index (χ0) is 16.7. The predicted molar refractivity (Wildman–Crippen MR) is 100 cm³/mol. The van der Waals surface area contributed by atoms with Crippen molar-refractivity contribution >= 4 is 78.8 Å². The van der Waals surface area contributed by atoms with Crippen LogP contribution >= 0.6 is 54.5 Å². The van der Waals surface area contributed by atoms with Crippen LogP contribution in [0.5, 0.6) is 0 Å². The molecule has 2 rings (SSSR count). The highest BCUT2D eigenvalue weighted by Gasteiger charge is 2.07. The number of thiophene rings is 2. The molecule has 120 valence electrons. The number of halogens is 2. The van der Waals surface area contributed by atoms with Crippen LogP contribution in [0, 0.1) is 0 Å². The van der Waals surface area contributed by atoms with Crippen LogP contribution in [0.1, 0.15) is 16.2 Å². The Morgan fingerprint density at radius 2 is 1.39 bits per heavy atom. The molecule has 0 aliphatic rings. The van der Waals surface area contributed by atoms with Crippen LogP contribution < -0.4 is 10.9 Å². The van der Waals surface area contributed by atoms with Crippen molar-refractivity contribution in [3.05, 3.63) is 41.6 Å². The van der Waals surface area contributed by atoms with Crippen molar-refractivity contribution in [3.8, 4) is 0 Å². The second-order valence-corrected chi connectivity index (χ2v) is 7.81. The first kappa shape index (κ1) is 18.0.